The van der Waals surface area contributed by atoms with Crippen molar-refractivity contribution >= 4 is 45.5 Å². The molecule has 4 nitrogen and oxygen atoms in total. The van der Waals surface area contributed by atoms with Crippen LogP contribution in [0.4, 0.5) is 45.5 Å². The topological polar surface area (TPSA) is 13.0 Å². The zero-order valence-electron chi connectivity index (χ0n) is 74.5. The Bertz CT molecular complexity index is 5300. The van der Waals surface area contributed by atoms with Gasteiger partial charge in [-0.3, -0.25) is 0 Å². The molecule has 8 aliphatic rings. The van der Waals surface area contributed by atoms with E-state index in [-0.39, 0.29) is 10.8 Å². The SMILES string of the molecule is CC.CC.CC.CC.CC.CC.CC.CC.CCN1c2ccccc2Cc2c1ccc1c2Cc2ccccc2N1C.CCN1c2ccccc2Cc2c1ccc1c2N(C)c2ccccc2C1.c1ccc2c(c1)Cc1ccccc1C21c2ccccc2-c2ccccc21.c1ccc2c(c1)Cc1ccccc1C21c2ccccc2-c2ccccc21. The van der Waals surface area contributed by atoms with Gasteiger partial charge in [0.15, 0.2) is 0 Å². The van der Waals surface area contributed by atoms with Crippen LogP contribution in [0.25, 0.3) is 22.3 Å². The van der Waals surface area contributed by atoms with Gasteiger partial charge in [0.2, 0.25) is 0 Å². The van der Waals surface area contributed by atoms with Crippen molar-refractivity contribution in [3.05, 3.63) is 427 Å². The van der Waals surface area contributed by atoms with Crippen LogP contribution >= 0.6 is 0 Å². The molecule has 604 valence electrons. The zero-order valence-corrected chi connectivity index (χ0v) is 74.5. The van der Waals surface area contributed by atoms with Crippen LogP contribution < -0.4 is 19.6 Å². The third-order valence-electron chi connectivity index (χ3n) is 23.7. The number of hydrogen-bond acceptors (Lipinski definition) is 4. The Hall–Kier alpha value is -11.7. The average molecular weight is 1550 g/mol. The van der Waals surface area contributed by atoms with Crippen LogP contribution in [0.5, 0.6) is 0 Å². The molecule has 0 saturated carbocycles. The summed E-state index contributed by atoms with van der Waals surface area (Å²) >= 11 is 0. The van der Waals surface area contributed by atoms with Gasteiger partial charge in [0.05, 0.1) is 16.5 Å². The molecule has 22 rings (SSSR count). The lowest BCUT2D eigenvalue weighted by Gasteiger charge is -2.40. The van der Waals surface area contributed by atoms with E-state index in [1.165, 1.54) is 179 Å². The van der Waals surface area contributed by atoms with Crippen molar-refractivity contribution in [3.63, 3.8) is 0 Å². The molecule has 0 radical (unpaired) electrons. The number of nitrogens with zero attached hydrogens (tertiary/aromatic N) is 4. The van der Waals surface area contributed by atoms with Crippen molar-refractivity contribution in [1.29, 1.82) is 0 Å². The summed E-state index contributed by atoms with van der Waals surface area (Å²) in [5.74, 6) is 0. The maximum absolute atomic E-state index is 2.47. The van der Waals surface area contributed by atoms with E-state index in [9.17, 15) is 0 Å². The first-order chi connectivity index (χ1) is 58.4. The normalized spacial score (nSPS) is 13.2. The Balaban J connectivity index is 0.000000146. The zero-order chi connectivity index (χ0) is 84.2. The van der Waals surface area contributed by atoms with Crippen molar-refractivity contribution in [2.24, 2.45) is 0 Å². The third kappa shape index (κ3) is 15.2. The minimum atomic E-state index is -0.196. The van der Waals surface area contributed by atoms with E-state index in [4.69, 9.17) is 0 Å². The predicted molar refractivity (Wildman–Crippen MR) is 515 cm³/mol. The molecule has 0 aromatic heterocycles. The summed E-state index contributed by atoms with van der Waals surface area (Å²) in [6.45, 7) is 38.5. The van der Waals surface area contributed by atoms with Crippen LogP contribution in [0.3, 0.4) is 0 Å². The number of benzene rings is 14. The molecule has 4 aliphatic heterocycles. The molecule has 0 fully saturated rings. The van der Waals surface area contributed by atoms with E-state index >= 15 is 0 Å². The molecule has 4 heterocycles. The Kier molecular flexibility index (Phi) is 29.8. The van der Waals surface area contributed by atoms with E-state index in [1.807, 2.05) is 111 Å². The van der Waals surface area contributed by atoms with Gasteiger partial charge in [-0.25, -0.2) is 0 Å². The summed E-state index contributed by atoms with van der Waals surface area (Å²) in [4.78, 5) is 9.68. The third-order valence-corrected chi connectivity index (χ3v) is 23.7. The summed E-state index contributed by atoms with van der Waals surface area (Å²) in [6, 6.07) is 116. The van der Waals surface area contributed by atoms with Gasteiger partial charge in [-0.1, -0.05) is 384 Å². The summed E-state index contributed by atoms with van der Waals surface area (Å²) in [7, 11) is 4.41. The number of para-hydroxylation sites is 4. The highest BCUT2D eigenvalue weighted by Gasteiger charge is 2.51. The average Bonchev–Trinajstić information content (AvgIpc) is 1.52. The van der Waals surface area contributed by atoms with E-state index in [1.54, 1.807) is 0 Å². The lowest BCUT2D eigenvalue weighted by Crippen LogP contribution is -2.34. The van der Waals surface area contributed by atoms with Gasteiger partial charge in [0.1, 0.15) is 0 Å². The molecule has 0 bridgehead atoms. The van der Waals surface area contributed by atoms with Gasteiger partial charge in [-0.15, -0.1) is 0 Å². The number of anilines is 8. The van der Waals surface area contributed by atoms with Crippen molar-refractivity contribution < 1.29 is 0 Å². The Morgan fingerprint density at radius 1 is 0.195 bits per heavy atom. The summed E-state index contributed by atoms with van der Waals surface area (Å²) < 4.78 is 0. The predicted octanol–water partition coefficient (Wildman–Crippen LogP) is 31.0. The maximum Gasteiger partial charge on any atom is 0.0719 e. The minimum Gasteiger partial charge on any atom is -0.344 e. The molecule has 0 amide bonds. The molecule has 0 atom stereocenters. The second-order valence-corrected chi connectivity index (χ2v) is 28.6. The first-order valence-corrected chi connectivity index (χ1v) is 44.7. The van der Waals surface area contributed by atoms with Crippen LogP contribution in [-0.2, 0) is 49.4 Å². The fraction of sp³-hybridized carbons (Fsp3) is 0.263. The standard InChI is InChI=1S/2C26H18.2C23H22N2.8C2H6/c2*1-5-13-22-18(9-1)17-19-10-2-6-14-23(19)26(22)24-15-7-3-11-20(24)21-12-4-8-16-25(21)26;1-3-25-21-11-7-5-9-17(21)15-19-18-14-16-8-4-6-10-20(16)24(2)22(18)12-13-23(19)25;1-3-25-21-11-7-5-9-17(21)15-19-22(25)13-12-18-14-16-8-4-6-10-20(16)24(2)23(18)19;8*1-2/h2*1-16H,17H2;2*4-13H,3,14-15H2,1-2H3;8*1-2H3. The smallest absolute Gasteiger partial charge is 0.0719 e. The van der Waals surface area contributed by atoms with Crippen LogP contribution in [0.2, 0.25) is 0 Å². The van der Waals surface area contributed by atoms with E-state index in [0.717, 1.165) is 51.6 Å². The fourth-order valence-corrected chi connectivity index (χ4v) is 19.6. The van der Waals surface area contributed by atoms with Gasteiger partial charge in [0, 0.05) is 98.2 Å². The van der Waals surface area contributed by atoms with Gasteiger partial charge in [0.25, 0.3) is 0 Å². The van der Waals surface area contributed by atoms with Gasteiger partial charge in [-0.2, -0.15) is 0 Å². The fourth-order valence-electron chi connectivity index (χ4n) is 19.6. The van der Waals surface area contributed by atoms with E-state index in [2.05, 4.69) is 363 Å². The van der Waals surface area contributed by atoms with Crippen LogP contribution in [0.15, 0.2) is 315 Å². The monoisotopic (exact) mass is 1550 g/mol. The molecule has 0 unspecified atom stereocenters. The maximum atomic E-state index is 2.47. The lowest BCUT2D eigenvalue weighted by molar-refractivity contribution is 0.722. The van der Waals surface area contributed by atoms with Crippen molar-refractivity contribution in [3.8, 4) is 22.3 Å². The molecule has 0 saturated heterocycles. The Morgan fingerprint density at radius 3 is 0.771 bits per heavy atom. The lowest BCUT2D eigenvalue weighted by atomic mass is 9.61. The molecule has 2 spiro atoms. The van der Waals surface area contributed by atoms with Crippen LogP contribution in [0.1, 0.15) is 236 Å². The molecule has 14 aromatic rings. The molecule has 14 aromatic carbocycles. The molecular formula is C114H128N4. The molecular weight excluding hydrogens is 1430 g/mol. The highest BCUT2D eigenvalue weighted by atomic mass is 15.2. The largest absolute Gasteiger partial charge is 0.344 e. The van der Waals surface area contributed by atoms with E-state index < -0.39 is 0 Å². The van der Waals surface area contributed by atoms with Gasteiger partial charge >= 0.3 is 0 Å². The van der Waals surface area contributed by atoms with Gasteiger partial charge < -0.3 is 19.6 Å². The van der Waals surface area contributed by atoms with Crippen molar-refractivity contribution in [2.45, 2.75) is 174 Å². The summed E-state index contributed by atoms with van der Waals surface area (Å²) in [5, 5.41) is 0. The second kappa shape index (κ2) is 40.4. The van der Waals surface area contributed by atoms with Crippen LogP contribution in [0, 0.1) is 0 Å². The molecule has 0 N–H and O–H groups in total. The van der Waals surface area contributed by atoms with E-state index in [0.29, 0.717) is 0 Å². The highest BCUT2D eigenvalue weighted by molar-refractivity contribution is 5.91. The first kappa shape index (κ1) is 87.1. The van der Waals surface area contributed by atoms with Gasteiger partial charge in [-0.05, 0) is 197 Å². The van der Waals surface area contributed by atoms with Crippen molar-refractivity contribution in [1.82, 2.24) is 0 Å². The minimum absolute atomic E-state index is 0.196. The summed E-state index contributed by atoms with van der Waals surface area (Å²) in [6.07, 6.45) is 6.12. The van der Waals surface area contributed by atoms with Crippen molar-refractivity contribution in [2.75, 3.05) is 46.8 Å². The molecule has 4 heteroatoms. The Labute approximate surface area is 710 Å². The van der Waals surface area contributed by atoms with Crippen LogP contribution in [-0.4, -0.2) is 27.2 Å². The molecule has 118 heavy (non-hydrogen) atoms. The number of hydrogen-bond donors (Lipinski definition) is 0. The summed E-state index contributed by atoms with van der Waals surface area (Å²) in [5.41, 5.74) is 44.8. The Morgan fingerprint density at radius 2 is 0.424 bits per heavy atom. The molecule has 4 aliphatic carbocycles. The number of fused-ring (bicyclic) bond motifs is 28. The quantitative estimate of drug-likeness (QED) is 0.171. The second-order valence-electron chi connectivity index (χ2n) is 28.6. The first-order valence-electron chi connectivity index (χ1n) is 44.7. The number of rotatable bonds is 2. The highest BCUT2D eigenvalue weighted by Crippen LogP contribution is 2.61.